The van der Waals surface area contributed by atoms with Crippen molar-refractivity contribution in [2.24, 2.45) is 23.0 Å². The first kappa shape index (κ1) is 11.9. The molecule has 92 valence electrons. The van der Waals surface area contributed by atoms with Gasteiger partial charge in [-0.05, 0) is 51.9 Å². The van der Waals surface area contributed by atoms with Crippen molar-refractivity contribution >= 4 is 5.97 Å². The lowest BCUT2D eigenvalue weighted by Crippen LogP contribution is -2.46. The Labute approximate surface area is 97.7 Å². The summed E-state index contributed by atoms with van der Waals surface area (Å²) in [5, 5.41) is 0. The third kappa shape index (κ3) is 1.86. The van der Waals surface area contributed by atoms with Crippen LogP contribution in [0.3, 0.4) is 0 Å². The minimum Gasteiger partial charge on any atom is -0.459 e. The van der Waals surface area contributed by atoms with Gasteiger partial charge in [0.1, 0.15) is 5.60 Å². The van der Waals surface area contributed by atoms with E-state index in [1.807, 2.05) is 20.8 Å². The Kier molecular flexibility index (Phi) is 2.77. The van der Waals surface area contributed by atoms with Gasteiger partial charge in [0.2, 0.25) is 0 Å². The summed E-state index contributed by atoms with van der Waals surface area (Å²) >= 11 is 0. The number of rotatable bonds is 2. The molecule has 0 aromatic heterocycles. The number of nitrogens with two attached hydrogens (primary N) is 1. The van der Waals surface area contributed by atoms with Crippen LogP contribution in [0.1, 0.15) is 46.5 Å². The zero-order valence-electron chi connectivity index (χ0n) is 10.6. The second-order valence-electron chi connectivity index (χ2n) is 6.44. The van der Waals surface area contributed by atoms with Gasteiger partial charge in [0, 0.05) is 6.54 Å². The molecule has 2 aliphatic rings. The molecule has 0 radical (unpaired) electrons. The highest BCUT2D eigenvalue weighted by molar-refractivity contribution is 5.78. The molecule has 2 rings (SSSR count). The zero-order chi connectivity index (χ0) is 12.0. The molecule has 16 heavy (non-hydrogen) atoms. The molecule has 0 aliphatic heterocycles. The van der Waals surface area contributed by atoms with Crippen LogP contribution in [0.15, 0.2) is 0 Å². The van der Waals surface area contributed by atoms with Gasteiger partial charge in [-0.25, -0.2) is 0 Å². The van der Waals surface area contributed by atoms with Crippen LogP contribution in [0, 0.1) is 17.3 Å². The van der Waals surface area contributed by atoms with E-state index in [1.165, 1.54) is 12.8 Å². The molecule has 3 heteroatoms. The van der Waals surface area contributed by atoms with Crippen LogP contribution in [0.2, 0.25) is 0 Å². The molecule has 0 aromatic rings. The summed E-state index contributed by atoms with van der Waals surface area (Å²) in [7, 11) is 0. The molecule has 2 bridgehead atoms. The van der Waals surface area contributed by atoms with Crippen LogP contribution in [0.4, 0.5) is 0 Å². The predicted molar refractivity (Wildman–Crippen MR) is 62.8 cm³/mol. The molecule has 0 aromatic carbocycles. The van der Waals surface area contributed by atoms with Crippen LogP contribution < -0.4 is 5.73 Å². The van der Waals surface area contributed by atoms with Crippen LogP contribution in [-0.4, -0.2) is 18.1 Å². The van der Waals surface area contributed by atoms with E-state index < -0.39 is 5.60 Å². The Balaban J connectivity index is 2.14. The number of ether oxygens (including phenoxy) is 1. The van der Waals surface area contributed by atoms with Gasteiger partial charge < -0.3 is 10.5 Å². The van der Waals surface area contributed by atoms with E-state index in [-0.39, 0.29) is 11.4 Å². The van der Waals surface area contributed by atoms with Crippen molar-refractivity contribution in [1.82, 2.24) is 0 Å². The molecule has 0 amide bonds. The standard InChI is InChI=1S/C13H23NO2/c1-12(2,3)16-11(15)13(8-14)7-9-4-5-10(13)6-9/h9-10H,4-8,14H2,1-3H3. The molecular formula is C13H23NO2. The molecule has 3 atom stereocenters. The molecule has 0 heterocycles. The third-order valence-corrected chi connectivity index (χ3v) is 4.15. The third-order valence-electron chi connectivity index (χ3n) is 4.15. The highest BCUT2D eigenvalue weighted by Crippen LogP contribution is 2.56. The first-order valence-electron chi connectivity index (χ1n) is 6.31. The summed E-state index contributed by atoms with van der Waals surface area (Å²) in [6.45, 7) is 6.20. The van der Waals surface area contributed by atoms with Crippen LogP contribution in [0.25, 0.3) is 0 Å². The highest BCUT2D eigenvalue weighted by atomic mass is 16.6. The fourth-order valence-corrected chi connectivity index (χ4v) is 3.41. The van der Waals surface area contributed by atoms with Crippen LogP contribution in [0.5, 0.6) is 0 Å². The van der Waals surface area contributed by atoms with E-state index in [0.717, 1.165) is 12.8 Å². The second-order valence-corrected chi connectivity index (χ2v) is 6.44. The summed E-state index contributed by atoms with van der Waals surface area (Å²) in [6, 6.07) is 0. The Morgan fingerprint density at radius 1 is 1.44 bits per heavy atom. The van der Waals surface area contributed by atoms with Gasteiger partial charge in [0.25, 0.3) is 0 Å². The summed E-state index contributed by atoms with van der Waals surface area (Å²) in [4.78, 5) is 12.3. The predicted octanol–water partition coefficient (Wildman–Crippen LogP) is 2.09. The van der Waals surface area contributed by atoms with E-state index in [4.69, 9.17) is 10.5 Å². The summed E-state index contributed by atoms with van der Waals surface area (Å²) < 4.78 is 5.55. The maximum Gasteiger partial charge on any atom is 0.314 e. The number of fused-ring (bicyclic) bond motifs is 2. The monoisotopic (exact) mass is 225 g/mol. The van der Waals surface area contributed by atoms with Crippen LogP contribution in [-0.2, 0) is 9.53 Å². The minimum absolute atomic E-state index is 0.0605. The van der Waals surface area contributed by atoms with Crippen molar-refractivity contribution in [1.29, 1.82) is 0 Å². The Morgan fingerprint density at radius 3 is 2.50 bits per heavy atom. The second kappa shape index (κ2) is 3.73. The van der Waals surface area contributed by atoms with Crippen molar-refractivity contribution in [2.45, 2.75) is 52.1 Å². The first-order chi connectivity index (χ1) is 7.37. The van der Waals surface area contributed by atoms with Crippen molar-refractivity contribution in [3.05, 3.63) is 0 Å². The average molecular weight is 225 g/mol. The lowest BCUT2D eigenvalue weighted by atomic mass is 9.73. The van der Waals surface area contributed by atoms with E-state index in [0.29, 0.717) is 18.4 Å². The summed E-state index contributed by atoms with van der Waals surface area (Å²) in [6.07, 6.45) is 4.55. The average Bonchev–Trinajstić information content (AvgIpc) is 2.74. The largest absolute Gasteiger partial charge is 0.459 e. The van der Waals surface area contributed by atoms with E-state index in [9.17, 15) is 4.79 Å². The Hall–Kier alpha value is -0.570. The maximum atomic E-state index is 12.3. The van der Waals surface area contributed by atoms with E-state index in [1.54, 1.807) is 0 Å². The Bertz CT molecular complexity index is 295. The lowest BCUT2D eigenvalue weighted by Gasteiger charge is -2.36. The van der Waals surface area contributed by atoms with Gasteiger partial charge in [-0.2, -0.15) is 0 Å². The van der Waals surface area contributed by atoms with Gasteiger partial charge >= 0.3 is 5.97 Å². The lowest BCUT2D eigenvalue weighted by molar-refractivity contribution is -0.170. The van der Waals surface area contributed by atoms with Crippen molar-refractivity contribution in [3.63, 3.8) is 0 Å². The number of hydrogen-bond acceptors (Lipinski definition) is 3. The topological polar surface area (TPSA) is 52.3 Å². The smallest absolute Gasteiger partial charge is 0.314 e. The number of esters is 1. The summed E-state index contributed by atoms with van der Waals surface area (Å²) in [5.41, 5.74) is 5.11. The first-order valence-corrected chi connectivity index (χ1v) is 6.31. The number of carbonyl (C=O) groups is 1. The molecule has 3 unspecified atom stereocenters. The van der Waals surface area contributed by atoms with Gasteiger partial charge in [-0.15, -0.1) is 0 Å². The molecule has 3 nitrogen and oxygen atoms in total. The molecule has 0 spiro atoms. The van der Waals surface area contributed by atoms with Gasteiger partial charge in [0.15, 0.2) is 0 Å². The van der Waals surface area contributed by atoms with E-state index >= 15 is 0 Å². The maximum absolute atomic E-state index is 12.3. The molecule has 2 saturated carbocycles. The van der Waals surface area contributed by atoms with E-state index in [2.05, 4.69) is 0 Å². The molecule has 2 fully saturated rings. The van der Waals surface area contributed by atoms with Gasteiger partial charge in [-0.3, -0.25) is 4.79 Å². The molecule has 0 saturated heterocycles. The van der Waals surface area contributed by atoms with Crippen molar-refractivity contribution in [2.75, 3.05) is 6.54 Å². The zero-order valence-corrected chi connectivity index (χ0v) is 10.6. The summed E-state index contributed by atoms with van der Waals surface area (Å²) in [5.74, 6) is 1.12. The molecular weight excluding hydrogens is 202 g/mol. The molecule has 2 aliphatic carbocycles. The SMILES string of the molecule is CC(C)(C)OC(=O)C1(CN)CC2CCC1C2. The quantitative estimate of drug-likeness (QED) is 0.732. The van der Waals surface area contributed by atoms with Gasteiger partial charge in [0.05, 0.1) is 5.41 Å². The van der Waals surface area contributed by atoms with Crippen molar-refractivity contribution < 1.29 is 9.53 Å². The fourth-order valence-electron chi connectivity index (χ4n) is 3.41. The van der Waals surface area contributed by atoms with Gasteiger partial charge in [-0.1, -0.05) is 6.42 Å². The molecule has 2 N–H and O–H groups in total. The number of carbonyl (C=O) groups excluding carboxylic acids is 1. The van der Waals surface area contributed by atoms with Crippen LogP contribution >= 0.6 is 0 Å². The van der Waals surface area contributed by atoms with Crippen molar-refractivity contribution in [3.8, 4) is 0 Å². The fraction of sp³-hybridized carbons (Fsp3) is 0.923. The Morgan fingerprint density at radius 2 is 2.12 bits per heavy atom. The normalized spacial score (nSPS) is 37.8. The number of hydrogen-bond donors (Lipinski definition) is 1. The minimum atomic E-state index is -0.402. The highest BCUT2D eigenvalue weighted by Gasteiger charge is 2.56.